The molecule has 1 aliphatic carbocycles. The van der Waals surface area contributed by atoms with E-state index in [4.69, 9.17) is 10.6 Å². The van der Waals surface area contributed by atoms with Gasteiger partial charge in [-0.15, -0.1) is 0 Å². The second-order valence-electron chi connectivity index (χ2n) is 5.36. The molecule has 2 rings (SSSR count). The maximum absolute atomic E-state index is 5.82. The van der Waals surface area contributed by atoms with E-state index in [2.05, 4.69) is 31.4 Å². The van der Waals surface area contributed by atoms with Gasteiger partial charge in [-0.1, -0.05) is 32.4 Å². The van der Waals surface area contributed by atoms with Gasteiger partial charge in [-0.3, -0.25) is 11.3 Å². The molecule has 0 bridgehead atoms. The molecule has 0 amide bonds. The number of hydrogen-bond donors (Lipinski definition) is 2. The first-order valence-corrected chi connectivity index (χ1v) is 6.95. The summed E-state index contributed by atoms with van der Waals surface area (Å²) in [7, 11) is 0. The Morgan fingerprint density at radius 1 is 1.44 bits per heavy atom. The topological polar surface area (TPSA) is 47.3 Å². The number of nitrogens with two attached hydrogens (primary N) is 1. The zero-order chi connectivity index (χ0) is 13.0. The molecule has 0 aromatic heterocycles. The first-order chi connectivity index (χ1) is 8.72. The molecule has 2 atom stereocenters. The molecule has 2 unspecified atom stereocenters. The molecule has 0 saturated heterocycles. The molecule has 0 aliphatic heterocycles. The Balaban J connectivity index is 2.03. The van der Waals surface area contributed by atoms with Crippen molar-refractivity contribution in [2.75, 3.05) is 0 Å². The highest BCUT2D eigenvalue weighted by molar-refractivity contribution is 5.31. The van der Waals surface area contributed by atoms with Gasteiger partial charge in [0.05, 0.1) is 6.10 Å². The Kier molecular flexibility index (Phi) is 4.61. The van der Waals surface area contributed by atoms with E-state index in [0.29, 0.717) is 12.0 Å². The minimum absolute atomic E-state index is 0.211. The molecule has 0 spiro atoms. The first kappa shape index (κ1) is 13.4. The zero-order valence-electron chi connectivity index (χ0n) is 11.4. The lowest BCUT2D eigenvalue weighted by Crippen LogP contribution is -2.29. The maximum Gasteiger partial charge on any atom is 0.120 e. The van der Waals surface area contributed by atoms with Crippen molar-refractivity contribution >= 4 is 0 Å². The van der Waals surface area contributed by atoms with Gasteiger partial charge >= 0.3 is 0 Å². The number of hydrogen-bond acceptors (Lipinski definition) is 3. The summed E-state index contributed by atoms with van der Waals surface area (Å²) in [6.07, 6.45) is 5.06. The van der Waals surface area contributed by atoms with Crippen LogP contribution in [0.1, 0.15) is 51.1 Å². The Morgan fingerprint density at radius 2 is 2.22 bits per heavy atom. The van der Waals surface area contributed by atoms with Crippen LogP contribution in [-0.2, 0) is 0 Å². The van der Waals surface area contributed by atoms with Gasteiger partial charge in [-0.2, -0.15) is 0 Å². The second kappa shape index (κ2) is 6.21. The molecule has 100 valence electrons. The van der Waals surface area contributed by atoms with E-state index in [1.54, 1.807) is 0 Å². The Hall–Kier alpha value is -1.06. The van der Waals surface area contributed by atoms with Crippen LogP contribution in [0.3, 0.4) is 0 Å². The lowest BCUT2D eigenvalue weighted by molar-refractivity contribution is 0.302. The van der Waals surface area contributed by atoms with E-state index in [1.807, 2.05) is 12.1 Å². The largest absolute Gasteiger partial charge is 0.490 e. The lowest BCUT2D eigenvalue weighted by Gasteiger charge is -2.20. The first-order valence-electron chi connectivity index (χ1n) is 6.95. The van der Waals surface area contributed by atoms with E-state index in [-0.39, 0.29) is 6.04 Å². The van der Waals surface area contributed by atoms with Crippen LogP contribution in [0.25, 0.3) is 0 Å². The van der Waals surface area contributed by atoms with Gasteiger partial charge in [0.15, 0.2) is 0 Å². The van der Waals surface area contributed by atoms with E-state index < -0.39 is 0 Å². The van der Waals surface area contributed by atoms with E-state index >= 15 is 0 Å². The van der Waals surface area contributed by atoms with Crippen LogP contribution in [0, 0.1) is 5.92 Å². The van der Waals surface area contributed by atoms with E-state index in [1.165, 1.54) is 24.8 Å². The number of ether oxygens (including phenoxy) is 1. The number of nitrogens with one attached hydrogen (secondary N) is 1. The maximum atomic E-state index is 5.82. The summed E-state index contributed by atoms with van der Waals surface area (Å²) in [6.45, 7) is 4.47. The summed E-state index contributed by atoms with van der Waals surface area (Å²) in [5.74, 6) is 7.32. The minimum Gasteiger partial charge on any atom is -0.490 e. The molecule has 1 aliphatic rings. The quantitative estimate of drug-likeness (QED) is 0.575. The highest BCUT2D eigenvalue weighted by atomic mass is 16.5. The highest BCUT2D eigenvalue weighted by Gasteiger charge is 2.23. The van der Waals surface area contributed by atoms with Gasteiger partial charge < -0.3 is 4.74 Å². The molecule has 3 nitrogen and oxygen atoms in total. The molecule has 1 aromatic carbocycles. The van der Waals surface area contributed by atoms with Crippen LogP contribution < -0.4 is 16.0 Å². The smallest absolute Gasteiger partial charge is 0.120 e. The average molecular weight is 248 g/mol. The third-order valence-electron chi connectivity index (χ3n) is 3.62. The summed E-state index contributed by atoms with van der Waals surface area (Å²) in [6, 6.07) is 8.52. The van der Waals surface area contributed by atoms with E-state index in [9.17, 15) is 0 Å². The van der Waals surface area contributed by atoms with Crippen molar-refractivity contribution in [3.63, 3.8) is 0 Å². The number of benzene rings is 1. The van der Waals surface area contributed by atoms with Crippen molar-refractivity contribution in [3.05, 3.63) is 29.8 Å². The van der Waals surface area contributed by atoms with Crippen molar-refractivity contribution in [3.8, 4) is 5.75 Å². The molecule has 1 saturated carbocycles. The SMILES string of the molecule is CCC(C)CC(NN)c1cccc(OC2CC2)c1. The third kappa shape index (κ3) is 3.72. The molecule has 0 radical (unpaired) electrons. The highest BCUT2D eigenvalue weighted by Crippen LogP contribution is 2.29. The van der Waals surface area contributed by atoms with Crippen LogP contribution in [0.5, 0.6) is 5.75 Å². The van der Waals surface area contributed by atoms with Crippen molar-refractivity contribution in [2.24, 2.45) is 11.8 Å². The Morgan fingerprint density at radius 3 is 2.83 bits per heavy atom. The van der Waals surface area contributed by atoms with Gasteiger partial charge in [0.2, 0.25) is 0 Å². The number of hydrazine groups is 1. The Bertz CT molecular complexity index is 377. The van der Waals surface area contributed by atoms with Gasteiger partial charge in [-0.05, 0) is 42.9 Å². The van der Waals surface area contributed by atoms with Gasteiger partial charge in [0, 0.05) is 6.04 Å². The summed E-state index contributed by atoms with van der Waals surface area (Å²) in [4.78, 5) is 0. The van der Waals surface area contributed by atoms with Crippen LogP contribution >= 0.6 is 0 Å². The molecular weight excluding hydrogens is 224 g/mol. The predicted molar refractivity (Wildman–Crippen MR) is 74.2 cm³/mol. The van der Waals surface area contributed by atoms with Crippen molar-refractivity contribution in [1.29, 1.82) is 0 Å². The average Bonchev–Trinajstić information content (AvgIpc) is 3.19. The minimum atomic E-state index is 0.211. The third-order valence-corrected chi connectivity index (χ3v) is 3.62. The zero-order valence-corrected chi connectivity index (χ0v) is 11.4. The predicted octanol–water partition coefficient (Wildman–Crippen LogP) is 3.17. The normalized spacial score (nSPS) is 18.4. The van der Waals surface area contributed by atoms with Crippen LogP contribution in [-0.4, -0.2) is 6.10 Å². The van der Waals surface area contributed by atoms with Gasteiger partial charge in [0.25, 0.3) is 0 Å². The molecular formula is C15H24N2O. The molecule has 0 heterocycles. The van der Waals surface area contributed by atoms with Gasteiger partial charge in [0.1, 0.15) is 5.75 Å². The van der Waals surface area contributed by atoms with Crippen LogP contribution in [0.2, 0.25) is 0 Å². The lowest BCUT2D eigenvalue weighted by atomic mass is 9.94. The Labute approximate surface area is 110 Å². The van der Waals surface area contributed by atoms with Crippen LogP contribution in [0.4, 0.5) is 0 Å². The fraction of sp³-hybridized carbons (Fsp3) is 0.600. The van der Waals surface area contributed by atoms with Crippen molar-refractivity contribution in [2.45, 2.75) is 51.7 Å². The molecule has 18 heavy (non-hydrogen) atoms. The number of rotatable bonds is 7. The molecule has 3 N–H and O–H groups in total. The second-order valence-corrected chi connectivity index (χ2v) is 5.36. The summed E-state index contributed by atoms with van der Waals surface area (Å²) >= 11 is 0. The summed E-state index contributed by atoms with van der Waals surface area (Å²) < 4.78 is 5.82. The fourth-order valence-corrected chi connectivity index (χ4v) is 2.05. The standard InChI is InChI=1S/C15H24N2O/c1-3-11(2)9-15(17-16)12-5-4-6-14(10-12)18-13-7-8-13/h4-6,10-11,13,15,17H,3,7-9,16H2,1-2H3. The van der Waals surface area contributed by atoms with Crippen molar-refractivity contribution < 1.29 is 4.74 Å². The fourth-order valence-electron chi connectivity index (χ4n) is 2.05. The van der Waals surface area contributed by atoms with Gasteiger partial charge in [-0.25, -0.2) is 0 Å². The molecule has 1 aromatic rings. The summed E-state index contributed by atoms with van der Waals surface area (Å²) in [5, 5.41) is 0. The van der Waals surface area contributed by atoms with E-state index in [0.717, 1.165) is 12.2 Å². The van der Waals surface area contributed by atoms with Crippen molar-refractivity contribution in [1.82, 2.24) is 5.43 Å². The molecule has 1 fully saturated rings. The van der Waals surface area contributed by atoms with Crippen LogP contribution in [0.15, 0.2) is 24.3 Å². The monoisotopic (exact) mass is 248 g/mol. The summed E-state index contributed by atoms with van der Waals surface area (Å²) in [5.41, 5.74) is 4.14. The molecule has 3 heteroatoms.